The fraction of sp³-hybridized carbons (Fsp3) is 0.143. The van der Waals surface area contributed by atoms with E-state index in [9.17, 15) is 14.4 Å². The van der Waals surface area contributed by atoms with Crippen LogP contribution in [-0.4, -0.2) is 28.8 Å². The van der Waals surface area contributed by atoms with E-state index in [0.717, 1.165) is 10.9 Å². The van der Waals surface area contributed by atoms with Crippen molar-refractivity contribution >= 4 is 28.7 Å². The number of carbonyl (C=O) groups excluding carboxylic acids is 3. The van der Waals surface area contributed by atoms with Crippen molar-refractivity contribution in [2.75, 3.05) is 0 Å². The van der Waals surface area contributed by atoms with Gasteiger partial charge in [-0.05, 0) is 17.7 Å². The number of nitrogens with one attached hydrogen (secondary N) is 1. The van der Waals surface area contributed by atoms with E-state index in [4.69, 9.17) is 10.5 Å². The van der Waals surface area contributed by atoms with Gasteiger partial charge in [-0.25, -0.2) is 4.98 Å². The van der Waals surface area contributed by atoms with Crippen LogP contribution in [0.3, 0.4) is 0 Å². The highest BCUT2D eigenvalue weighted by molar-refractivity contribution is 5.98. The van der Waals surface area contributed by atoms with Crippen molar-refractivity contribution in [1.82, 2.24) is 10.3 Å². The standard InChI is InChI=1S/C21H19N3O4/c22-20(26)18(12-19(25)28-13-14-6-2-1-3-7-14)24-21(27)17-11-10-15-8-4-5-9-16(15)23-17/h1-11,18H,12-13H2,(H2,22,26)(H,24,27)/t18-/m0/s1. The number of benzene rings is 2. The summed E-state index contributed by atoms with van der Waals surface area (Å²) in [5.74, 6) is -2.06. The Hall–Kier alpha value is -3.74. The molecule has 1 heterocycles. The van der Waals surface area contributed by atoms with Crippen molar-refractivity contribution in [1.29, 1.82) is 0 Å². The Morgan fingerprint density at radius 1 is 0.964 bits per heavy atom. The Labute approximate surface area is 161 Å². The Balaban J connectivity index is 1.62. The molecule has 7 nitrogen and oxygen atoms in total. The van der Waals surface area contributed by atoms with Gasteiger partial charge in [0.05, 0.1) is 11.9 Å². The molecule has 0 spiro atoms. The summed E-state index contributed by atoms with van der Waals surface area (Å²) in [6.07, 6.45) is -0.360. The first-order valence-electron chi connectivity index (χ1n) is 8.68. The molecule has 0 saturated heterocycles. The largest absolute Gasteiger partial charge is 0.461 e. The number of aromatic nitrogens is 1. The van der Waals surface area contributed by atoms with Gasteiger partial charge in [0.1, 0.15) is 18.3 Å². The summed E-state index contributed by atoms with van der Waals surface area (Å²) in [7, 11) is 0. The number of rotatable bonds is 7. The molecule has 2 amide bonds. The number of esters is 1. The predicted molar refractivity (Wildman–Crippen MR) is 103 cm³/mol. The Morgan fingerprint density at radius 3 is 2.43 bits per heavy atom. The molecule has 28 heavy (non-hydrogen) atoms. The average molecular weight is 377 g/mol. The monoisotopic (exact) mass is 377 g/mol. The van der Waals surface area contributed by atoms with Crippen molar-refractivity contribution < 1.29 is 19.1 Å². The minimum Gasteiger partial charge on any atom is -0.461 e. The molecule has 0 unspecified atom stereocenters. The minimum absolute atomic E-state index is 0.0747. The third-order valence-corrected chi connectivity index (χ3v) is 4.09. The van der Waals surface area contributed by atoms with Crippen LogP contribution in [0.4, 0.5) is 0 Å². The summed E-state index contributed by atoms with van der Waals surface area (Å²) in [6.45, 7) is 0.0747. The molecule has 0 fully saturated rings. The first-order valence-corrected chi connectivity index (χ1v) is 8.68. The molecule has 3 aromatic rings. The number of fused-ring (bicyclic) bond motifs is 1. The second-order valence-electron chi connectivity index (χ2n) is 6.17. The third kappa shape index (κ3) is 4.91. The maximum Gasteiger partial charge on any atom is 0.308 e. The van der Waals surface area contributed by atoms with Crippen LogP contribution in [0.5, 0.6) is 0 Å². The molecule has 0 saturated carbocycles. The number of hydrogen-bond donors (Lipinski definition) is 2. The SMILES string of the molecule is NC(=O)[C@H](CC(=O)OCc1ccccc1)NC(=O)c1ccc2ccccc2n1. The van der Waals surface area contributed by atoms with Gasteiger partial charge >= 0.3 is 5.97 Å². The molecule has 7 heteroatoms. The van der Waals surface area contributed by atoms with Gasteiger partial charge in [0.15, 0.2) is 0 Å². The molecule has 1 aromatic heterocycles. The predicted octanol–water partition coefficient (Wildman–Crippen LogP) is 1.95. The number of para-hydroxylation sites is 1. The van der Waals surface area contributed by atoms with Crippen molar-refractivity contribution in [2.45, 2.75) is 19.1 Å². The summed E-state index contributed by atoms with van der Waals surface area (Å²) >= 11 is 0. The van der Waals surface area contributed by atoms with Gasteiger partial charge in [0.2, 0.25) is 5.91 Å². The second-order valence-corrected chi connectivity index (χ2v) is 6.17. The summed E-state index contributed by atoms with van der Waals surface area (Å²) < 4.78 is 5.14. The highest BCUT2D eigenvalue weighted by Crippen LogP contribution is 2.12. The van der Waals surface area contributed by atoms with Crippen LogP contribution in [0, 0.1) is 0 Å². The van der Waals surface area contributed by atoms with Crippen molar-refractivity contribution in [2.24, 2.45) is 5.73 Å². The van der Waals surface area contributed by atoms with Gasteiger partial charge < -0.3 is 15.8 Å². The van der Waals surface area contributed by atoms with Crippen LogP contribution in [-0.2, 0) is 20.9 Å². The lowest BCUT2D eigenvalue weighted by atomic mass is 10.1. The van der Waals surface area contributed by atoms with E-state index < -0.39 is 23.8 Å². The first kappa shape index (κ1) is 19.0. The lowest BCUT2D eigenvalue weighted by molar-refractivity contribution is -0.146. The van der Waals surface area contributed by atoms with E-state index in [1.54, 1.807) is 18.2 Å². The van der Waals surface area contributed by atoms with E-state index in [1.807, 2.05) is 48.5 Å². The summed E-state index contributed by atoms with van der Waals surface area (Å²) in [6, 6.07) is 18.6. The third-order valence-electron chi connectivity index (χ3n) is 4.09. The van der Waals surface area contributed by atoms with E-state index >= 15 is 0 Å². The van der Waals surface area contributed by atoms with Gasteiger partial charge in [0.25, 0.3) is 5.91 Å². The van der Waals surface area contributed by atoms with Crippen molar-refractivity contribution in [3.63, 3.8) is 0 Å². The molecule has 2 aromatic carbocycles. The molecule has 0 aliphatic carbocycles. The van der Waals surface area contributed by atoms with Crippen LogP contribution in [0.25, 0.3) is 10.9 Å². The summed E-state index contributed by atoms with van der Waals surface area (Å²) in [5.41, 5.74) is 6.92. The van der Waals surface area contributed by atoms with Gasteiger partial charge in [-0.3, -0.25) is 14.4 Å². The molecular weight excluding hydrogens is 358 g/mol. The Kier molecular flexibility index (Phi) is 5.96. The maximum atomic E-state index is 12.4. The highest BCUT2D eigenvalue weighted by atomic mass is 16.5. The Bertz CT molecular complexity index is 1000. The van der Waals surface area contributed by atoms with Crippen LogP contribution in [0.2, 0.25) is 0 Å². The number of pyridine rings is 1. The van der Waals surface area contributed by atoms with Crippen molar-refractivity contribution in [3.8, 4) is 0 Å². The molecule has 0 aliphatic rings. The zero-order valence-electron chi connectivity index (χ0n) is 15.0. The smallest absolute Gasteiger partial charge is 0.308 e. The normalized spacial score (nSPS) is 11.6. The fourth-order valence-corrected chi connectivity index (χ4v) is 2.61. The number of amides is 2. The van der Waals surface area contributed by atoms with Gasteiger partial charge in [0, 0.05) is 5.39 Å². The molecule has 0 bridgehead atoms. The lowest BCUT2D eigenvalue weighted by Gasteiger charge is -2.15. The number of primary amides is 1. The first-order chi connectivity index (χ1) is 13.5. The van der Waals surface area contributed by atoms with Crippen LogP contribution in [0.15, 0.2) is 66.7 Å². The quantitative estimate of drug-likeness (QED) is 0.611. The molecular formula is C21H19N3O4. The molecule has 3 rings (SSSR count). The van der Waals surface area contributed by atoms with Gasteiger partial charge in [-0.1, -0.05) is 54.6 Å². The minimum atomic E-state index is -1.19. The number of ether oxygens (including phenoxy) is 1. The van der Waals surface area contributed by atoms with Gasteiger partial charge in [-0.2, -0.15) is 0 Å². The van der Waals surface area contributed by atoms with Crippen LogP contribution < -0.4 is 11.1 Å². The molecule has 142 valence electrons. The number of nitrogens with zero attached hydrogens (tertiary/aromatic N) is 1. The van der Waals surface area contributed by atoms with Gasteiger partial charge in [-0.15, -0.1) is 0 Å². The number of carbonyl (C=O) groups is 3. The highest BCUT2D eigenvalue weighted by Gasteiger charge is 2.23. The van der Waals surface area contributed by atoms with E-state index in [0.29, 0.717) is 5.52 Å². The molecule has 3 N–H and O–H groups in total. The van der Waals surface area contributed by atoms with E-state index in [1.165, 1.54) is 0 Å². The van der Waals surface area contributed by atoms with Crippen LogP contribution in [0.1, 0.15) is 22.5 Å². The molecule has 0 aliphatic heterocycles. The average Bonchev–Trinajstić information content (AvgIpc) is 2.72. The zero-order valence-corrected chi connectivity index (χ0v) is 15.0. The van der Waals surface area contributed by atoms with E-state index in [-0.39, 0.29) is 18.7 Å². The topological polar surface area (TPSA) is 111 Å². The maximum absolute atomic E-state index is 12.4. The van der Waals surface area contributed by atoms with Crippen LogP contribution >= 0.6 is 0 Å². The second kappa shape index (κ2) is 8.77. The number of nitrogens with two attached hydrogens (primary N) is 1. The summed E-state index contributed by atoms with van der Waals surface area (Å²) in [5, 5.41) is 3.33. The zero-order chi connectivity index (χ0) is 19.9. The number of hydrogen-bond acceptors (Lipinski definition) is 5. The molecule has 0 radical (unpaired) electrons. The Morgan fingerprint density at radius 2 is 1.68 bits per heavy atom. The molecule has 1 atom stereocenters. The summed E-state index contributed by atoms with van der Waals surface area (Å²) in [4.78, 5) is 40.4. The fourth-order valence-electron chi connectivity index (χ4n) is 2.61. The van der Waals surface area contributed by atoms with E-state index in [2.05, 4.69) is 10.3 Å². The van der Waals surface area contributed by atoms with Crippen molar-refractivity contribution in [3.05, 3.63) is 78.0 Å². The lowest BCUT2D eigenvalue weighted by Crippen LogP contribution is -2.46.